The van der Waals surface area contributed by atoms with Gasteiger partial charge in [-0.2, -0.15) is 0 Å². The molecule has 110 valence electrons. The van der Waals surface area contributed by atoms with Crippen LogP contribution in [0.2, 0.25) is 0 Å². The van der Waals surface area contributed by atoms with Crippen LogP contribution in [0.1, 0.15) is 29.9 Å². The maximum absolute atomic E-state index is 5.36. The first-order chi connectivity index (χ1) is 10.2. The Hall–Kier alpha value is -1.000. The molecule has 1 N–H and O–H groups in total. The Morgan fingerprint density at radius 3 is 2.62 bits per heavy atom. The highest BCUT2D eigenvalue weighted by molar-refractivity contribution is 9.11. The third-order valence-corrected chi connectivity index (χ3v) is 5.06. The van der Waals surface area contributed by atoms with Gasteiger partial charge in [0.1, 0.15) is 5.75 Å². The van der Waals surface area contributed by atoms with E-state index in [-0.39, 0.29) is 0 Å². The average Bonchev–Trinajstić information content (AvgIpc) is 3.31. The second-order valence-electron chi connectivity index (χ2n) is 5.29. The van der Waals surface area contributed by atoms with E-state index >= 15 is 0 Å². The van der Waals surface area contributed by atoms with Crippen LogP contribution in [0, 0.1) is 0 Å². The molecule has 0 spiro atoms. The van der Waals surface area contributed by atoms with Gasteiger partial charge in [-0.1, -0.05) is 24.3 Å². The van der Waals surface area contributed by atoms with Crippen LogP contribution in [0.25, 0.3) is 0 Å². The molecule has 0 radical (unpaired) electrons. The molecule has 4 heteroatoms. The highest BCUT2D eigenvalue weighted by atomic mass is 79.9. The lowest BCUT2D eigenvalue weighted by Crippen LogP contribution is -2.03. The molecule has 1 aliphatic carbocycles. The molecule has 1 fully saturated rings. The first kappa shape index (κ1) is 14.9. The SMILES string of the molecule is COc1cc(NCc2ccccc2C2CC2)c(Br)cc1Br. The van der Waals surface area contributed by atoms with E-state index in [0.29, 0.717) is 0 Å². The van der Waals surface area contributed by atoms with Gasteiger partial charge in [0, 0.05) is 17.1 Å². The van der Waals surface area contributed by atoms with E-state index in [0.717, 1.165) is 32.8 Å². The molecule has 0 unspecified atom stereocenters. The molecule has 0 bridgehead atoms. The number of ether oxygens (including phenoxy) is 1. The van der Waals surface area contributed by atoms with Gasteiger partial charge in [0.2, 0.25) is 0 Å². The smallest absolute Gasteiger partial charge is 0.135 e. The summed E-state index contributed by atoms with van der Waals surface area (Å²) in [7, 11) is 1.68. The fourth-order valence-corrected chi connectivity index (χ4v) is 3.80. The summed E-state index contributed by atoms with van der Waals surface area (Å²) in [6, 6.07) is 12.7. The first-order valence-electron chi connectivity index (χ1n) is 7.03. The van der Waals surface area contributed by atoms with Gasteiger partial charge < -0.3 is 10.1 Å². The number of anilines is 1. The molecule has 1 saturated carbocycles. The van der Waals surface area contributed by atoms with E-state index < -0.39 is 0 Å². The lowest BCUT2D eigenvalue weighted by atomic mass is 10.0. The predicted octanol–water partition coefficient (Wildman–Crippen LogP) is 5.71. The van der Waals surface area contributed by atoms with E-state index in [1.54, 1.807) is 7.11 Å². The third-order valence-electron chi connectivity index (χ3n) is 3.78. The van der Waals surface area contributed by atoms with Crippen molar-refractivity contribution in [1.82, 2.24) is 0 Å². The molecule has 1 aliphatic rings. The molecular formula is C17H17Br2NO. The van der Waals surface area contributed by atoms with Crippen molar-refractivity contribution in [3.05, 3.63) is 56.5 Å². The summed E-state index contributed by atoms with van der Waals surface area (Å²) in [5.41, 5.74) is 3.92. The van der Waals surface area contributed by atoms with Gasteiger partial charge in [-0.05, 0) is 67.8 Å². The standard InChI is InChI=1S/C17H17Br2NO/c1-21-17-9-16(14(18)8-15(17)19)20-10-12-4-2-3-5-13(12)11-6-7-11/h2-5,8-9,11,20H,6-7,10H2,1H3. The van der Waals surface area contributed by atoms with E-state index in [2.05, 4.69) is 61.4 Å². The maximum Gasteiger partial charge on any atom is 0.135 e. The number of hydrogen-bond acceptors (Lipinski definition) is 2. The van der Waals surface area contributed by atoms with Crippen molar-refractivity contribution in [2.24, 2.45) is 0 Å². The minimum Gasteiger partial charge on any atom is -0.495 e. The zero-order chi connectivity index (χ0) is 14.8. The maximum atomic E-state index is 5.36. The van der Waals surface area contributed by atoms with Crippen molar-refractivity contribution < 1.29 is 4.74 Å². The van der Waals surface area contributed by atoms with Gasteiger partial charge in [-0.3, -0.25) is 0 Å². The number of nitrogens with one attached hydrogen (secondary N) is 1. The van der Waals surface area contributed by atoms with Crippen molar-refractivity contribution in [2.75, 3.05) is 12.4 Å². The van der Waals surface area contributed by atoms with Gasteiger partial charge in [0.15, 0.2) is 0 Å². The van der Waals surface area contributed by atoms with Gasteiger partial charge >= 0.3 is 0 Å². The molecule has 0 amide bonds. The summed E-state index contributed by atoms with van der Waals surface area (Å²) in [6.07, 6.45) is 2.65. The molecule has 2 aromatic carbocycles. The zero-order valence-corrected chi connectivity index (χ0v) is 15.0. The fraction of sp³-hybridized carbons (Fsp3) is 0.294. The second kappa shape index (κ2) is 6.41. The number of benzene rings is 2. The molecular weight excluding hydrogens is 394 g/mol. The van der Waals surface area contributed by atoms with E-state index in [4.69, 9.17) is 4.74 Å². The van der Waals surface area contributed by atoms with Crippen LogP contribution in [0.3, 0.4) is 0 Å². The molecule has 0 atom stereocenters. The van der Waals surface area contributed by atoms with Crippen molar-refractivity contribution >= 4 is 37.5 Å². The summed E-state index contributed by atoms with van der Waals surface area (Å²) in [5.74, 6) is 1.60. The van der Waals surface area contributed by atoms with E-state index in [9.17, 15) is 0 Å². The van der Waals surface area contributed by atoms with E-state index in [1.807, 2.05) is 12.1 Å². The minimum absolute atomic E-state index is 0.769. The molecule has 0 saturated heterocycles. The average molecular weight is 411 g/mol. The summed E-state index contributed by atoms with van der Waals surface area (Å²) < 4.78 is 7.33. The van der Waals surface area contributed by atoms with Gasteiger partial charge in [-0.25, -0.2) is 0 Å². The Balaban J connectivity index is 1.79. The summed E-state index contributed by atoms with van der Waals surface area (Å²) in [5, 5.41) is 3.51. The zero-order valence-electron chi connectivity index (χ0n) is 11.8. The third kappa shape index (κ3) is 3.43. The minimum atomic E-state index is 0.769. The number of methoxy groups -OCH3 is 1. The van der Waals surface area contributed by atoms with Crippen molar-refractivity contribution in [3.63, 3.8) is 0 Å². The van der Waals surface area contributed by atoms with Crippen molar-refractivity contribution in [2.45, 2.75) is 25.3 Å². The number of halogens is 2. The Labute approximate surface area is 142 Å². The quantitative estimate of drug-likeness (QED) is 0.681. The Morgan fingerprint density at radius 2 is 1.90 bits per heavy atom. The summed E-state index contributed by atoms with van der Waals surface area (Å²) >= 11 is 7.09. The van der Waals surface area contributed by atoms with Crippen LogP contribution >= 0.6 is 31.9 Å². The molecule has 0 aromatic heterocycles. The van der Waals surface area contributed by atoms with Crippen LogP contribution in [-0.4, -0.2) is 7.11 Å². The van der Waals surface area contributed by atoms with Crippen LogP contribution in [0.4, 0.5) is 5.69 Å². The van der Waals surface area contributed by atoms with Gasteiger partial charge in [-0.15, -0.1) is 0 Å². The molecule has 2 nitrogen and oxygen atoms in total. The van der Waals surface area contributed by atoms with Gasteiger partial charge in [0.05, 0.1) is 17.3 Å². The van der Waals surface area contributed by atoms with Crippen LogP contribution < -0.4 is 10.1 Å². The topological polar surface area (TPSA) is 21.3 Å². The summed E-state index contributed by atoms with van der Waals surface area (Å²) in [6.45, 7) is 0.829. The normalized spacial score (nSPS) is 14.0. The lowest BCUT2D eigenvalue weighted by molar-refractivity contribution is 0.412. The Bertz CT molecular complexity index is 653. The van der Waals surface area contributed by atoms with Crippen molar-refractivity contribution in [3.8, 4) is 5.75 Å². The lowest BCUT2D eigenvalue weighted by Gasteiger charge is -2.14. The largest absolute Gasteiger partial charge is 0.495 e. The monoisotopic (exact) mass is 409 g/mol. The Morgan fingerprint density at radius 1 is 1.14 bits per heavy atom. The van der Waals surface area contributed by atoms with Crippen LogP contribution in [0.15, 0.2) is 45.3 Å². The molecule has 21 heavy (non-hydrogen) atoms. The highest BCUT2D eigenvalue weighted by Gasteiger charge is 2.25. The Kier molecular flexibility index (Phi) is 4.55. The first-order valence-corrected chi connectivity index (χ1v) is 8.62. The number of rotatable bonds is 5. The predicted molar refractivity (Wildman–Crippen MR) is 94.1 cm³/mol. The van der Waals surface area contributed by atoms with Crippen LogP contribution in [0.5, 0.6) is 5.75 Å². The molecule has 0 aliphatic heterocycles. The van der Waals surface area contributed by atoms with Gasteiger partial charge in [0.25, 0.3) is 0 Å². The van der Waals surface area contributed by atoms with E-state index in [1.165, 1.54) is 24.0 Å². The second-order valence-corrected chi connectivity index (χ2v) is 7.00. The number of hydrogen-bond donors (Lipinski definition) is 1. The molecule has 3 rings (SSSR count). The summed E-state index contributed by atoms with van der Waals surface area (Å²) in [4.78, 5) is 0. The van der Waals surface area contributed by atoms with Crippen molar-refractivity contribution in [1.29, 1.82) is 0 Å². The fourth-order valence-electron chi connectivity index (χ4n) is 2.50. The molecule has 0 heterocycles. The highest BCUT2D eigenvalue weighted by Crippen LogP contribution is 2.42. The van der Waals surface area contributed by atoms with Crippen LogP contribution in [-0.2, 0) is 6.54 Å². The molecule has 2 aromatic rings.